The van der Waals surface area contributed by atoms with Gasteiger partial charge in [-0.2, -0.15) is 0 Å². The molecule has 4 aromatic carbocycles. The SMILES string of the molecule is Cc1ccc(N(c2ccc(-c3ccccc3)cc2)c2ccc([N+](=O)[O-])cc2)cc1. The molecule has 0 unspecified atom stereocenters. The maximum atomic E-state index is 11.0. The van der Waals surface area contributed by atoms with E-state index in [1.54, 1.807) is 12.1 Å². The van der Waals surface area contributed by atoms with Crippen LogP contribution in [0.3, 0.4) is 0 Å². The second-order valence-corrected chi connectivity index (χ2v) is 6.86. The summed E-state index contributed by atoms with van der Waals surface area (Å²) in [7, 11) is 0. The molecule has 0 aliphatic rings. The third kappa shape index (κ3) is 4.01. The van der Waals surface area contributed by atoms with Gasteiger partial charge in [-0.05, 0) is 54.4 Å². The fourth-order valence-corrected chi connectivity index (χ4v) is 3.30. The Bertz CT molecular complexity index is 1100. The van der Waals surface area contributed by atoms with Crippen LogP contribution in [-0.2, 0) is 0 Å². The quantitative estimate of drug-likeness (QED) is 0.275. The molecule has 4 rings (SSSR count). The zero-order valence-electron chi connectivity index (χ0n) is 16.0. The molecule has 0 aliphatic heterocycles. The van der Waals surface area contributed by atoms with Gasteiger partial charge < -0.3 is 4.90 Å². The third-order valence-corrected chi connectivity index (χ3v) is 4.84. The van der Waals surface area contributed by atoms with Crippen molar-refractivity contribution in [2.45, 2.75) is 6.92 Å². The maximum absolute atomic E-state index is 11.0. The lowest BCUT2D eigenvalue weighted by Crippen LogP contribution is -2.09. The molecule has 0 spiro atoms. The zero-order chi connectivity index (χ0) is 20.2. The van der Waals surface area contributed by atoms with Gasteiger partial charge in [0.05, 0.1) is 4.92 Å². The van der Waals surface area contributed by atoms with Gasteiger partial charge in [-0.3, -0.25) is 10.1 Å². The van der Waals surface area contributed by atoms with Crippen molar-refractivity contribution in [3.63, 3.8) is 0 Å². The number of non-ortho nitro benzene ring substituents is 1. The van der Waals surface area contributed by atoms with E-state index in [4.69, 9.17) is 0 Å². The Morgan fingerprint density at radius 1 is 0.621 bits per heavy atom. The second kappa shape index (κ2) is 7.98. The summed E-state index contributed by atoms with van der Waals surface area (Å²) in [4.78, 5) is 12.7. The van der Waals surface area contributed by atoms with Crippen molar-refractivity contribution in [2.24, 2.45) is 0 Å². The highest BCUT2D eigenvalue weighted by Crippen LogP contribution is 2.36. The van der Waals surface area contributed by atoms with Crippen LogP contribution in [0.5, 0.6) is 0 Å². The minimum Gasteiger partial charge on any atom is -0.310 e. The average Bonchev–Trinajstić information content (AvgIpc) is 2.77. The number of nitro benzene ring substituents is 1. The molecule has 0 saturated heterocycles. The van der Waals surface area contributed by atoms with Crippen molar-refractivity contribution in [1.82, 2.24) is 0 Å². The summed E-state index contributed by atoms with van der Waals surface area (Å²) < 4.78 is 0. The molecule has 0 atom stereocenters. The molecule has 0 radical (unpaired) electrons. The van der Waals surface area contributed by atoms with E-state index < -0.39 is 0 Å². The zero-order valence-corrected chi connectivity index (χ0v) is 16.0. The predicted molar refractivity (Wildman–Crippen MR) is 118 cm³/mol. The van der Waals surface area contributed by atoms with Gasteiger partial charge in [-0.15, -0.1) is 0 Å². The van der Waals surface area contributed by atoms with Crippen molar-refractivity contribution >= 4 is 22.7 Å². The Hall–Kier alpha value is -3.92. The first-order valence-electron chi connectivity index (χ1n) is 9.38. The van der Waals surface area contributed by atoms with Crippen LogP contribution in [-0.4, -0.2) is 4.92 Å². The van der Waals surface area contributed by atoms with Gasteiger partial charge >= 0.3 is 0 Å². The van der Waals surface area contributed by atoms with Crippen LogP contribution in [0.25, 0.3) is 11.1 Å². The van der Waals surface area contributed by atoms with Crippen LogP contribution in [0.1, 0.15) is 5.56 Å². The predicted octanol–water partition coefficient (Wildman–Crippen LogP) is 7.04. The molecule has 4 nitrogen and oxygen atoms in total. The molecule has 4 aromatic rings. The van der Waals surface area contributed by atoms with Gasteiger partial charge in [0.2, 0.25) is 0 Å². The number of hydrogen-bond acceptors (Lipinski definition) is 3. The van der Waals surface area contributed by atoms with Crippen molar-refractivity contribution in [2.75, 3.05) is 4.90 Å². The van der Waals surface area contributed by atoms with Gasteiger partial charge in [0.25, 0.3) is 5.69 Å². The number of hydrogen-bond donors (Lipinski definition) is 0. The Morgan fingerprint density at radius 2 is 1.07 bits per heavy atom. The van der Waals surface area contributed by atoms with Crippen molar-refractivity contribution in [1.29, 1.82) is 0 Å². The van der Waals surface area contributed by atoms with Gasteiger partial charge in [0.15, 0.2) is 0 Å². The first kappa shape index (κ1) is 18.4. The number of rotatable bonds is 5. The van der Waals surface area contributed by atoms with E-state index in [9.17, 15) is 10.1 Å². The van der Waals surface area contributed by atoms with Gasteiger partial charge in [-0.1, -0.05) is 60.2 Å². The van der Waals surface area contributed by atoms with Gasteiger partial charge in [0.1, 0.15) is 0 Å². The summed E-state index contributed by atoms with van der Waals surface area (Å²) in [6.45, 7) is 2.05. The lowest BCUT2D eigenvalue weighted by atomic mass is 10.0. The molecule has 0 N–H and O–H groups in total. The van der Waals surface area contributed by atoms with Crippen LogP contribution >= 0.6 is 0 Å². The van der Waals surface area contributed by atoms with E-state index in [1.165, 1.54) is 17.7 Å². The van der Waals surface area contributed by atoms with Gasteiger partial charge in [-0.25, -0.2) is 0 Å². The van der Waals surface area contributed by atoms with Crippen LogP contribution in [0.15, 0.2) is 103 Å². The molecule has 0 bridgehead atoms. The second-order valence-electron chi connectivity index (χ2n) is 6.86. The van der Waals surface area contributed by atoms with E-state index in [-0.39, 0.29) is 10.6 Å². The molecular weight excluding hydrogens is 360 g/mol. The van der Waals surface area contributed by atoms with Crippen LogP contribution in [0.4, 0.5) is 22.7 Å². The first-order chi connectivity index (χ1) is 14.1. The summed E-state index contributed by atoms with van der Waals surface area (Å²) in [5, 5.41) is 11.0. The normalized spacial score (nSPS) is 10.5. The highest BCUT2D eigenvalue weighted by molar-refractivity contribution is 5.78. The van der Waals surface area contributed by atoms with E-state index in [2.05, 4.69) is 72.5 Å². The summed E-state index contributed by atoms with van der Waals surface area (Å²) in [6.07, 6.45) is 0. The number of aryl methyl sites for hydroxylation is 1. The number of nitro groups is 1. The Kier molecular flexibility index (Phi) is 5.08. The Morgan fingerprint density at radius 3 is 1.59 bits per heavy atom. The largest absolute Gasteiger partial charge is 0.310 e. The molecule has 0 aromatic heterocycles. The van der Waals surface area contributed by atoms with Crippen LogP contribution < -0.4 is 4.90 Å². The van der Waals surface area contributed by atoms with Gasteiger partial charge in [0, 0.05) is 29.2 Å². The molecule has 29 heavy (non-hydrogen) atoms. The minimum absolute atomic E-state index is 0.0806. The van der Waals surface area contributed by atoms with E-state index in [1.807, 2.05) is 18.2 Å². The molecule has 142 valence electrons. The highest BCUT2D eigenvalue weighted by atomic mass is 16.6. The van der Waals surface area contributed by atoms with Crippen molar-refractivity contribution in [3.8, 4) is 11.1 Å². The monoisotopic (exact) mass is 380 g/mol. The average molecular weight is 380 g/mol. The summed E-state index contributed by atoms with van der Waals surface area (Å²) >= 11 is 0. The van der Waals surface area contributed by atoms with E-state index >= 15 is 0 Å². The Labute approximate surface area is 169 Å². The lowest BCUT2D eigenvalue weighted by Gasteiger charge is -2.25. The summed E-state index contributed by atoms with van der Waals surface area (Å²) in [5.41, 5.74) is 6.42. The fourth-order valence-electron chi connectivity index (χ4n) is 3.30. The summed E-state index contributed by atoms with van der Waals surface area (Å²) in [6, 6.07) is 33.4. The number of benzene rings is 4. The molecule has 0 fully saturated rings. The molecule has 4 heteroatoms. The van der Waals surface area contributed by atoms with E-state index in [0.29, 0.717) is 0 Å². The fraction of sp³-hybridized carbons (Fsp3) is 0.0400. The lowest BCUT2D eigenvalue weighted by molar-refractivity contribution is -0.384. The summed E-state index contributed by atoms with van der Waals surface area (Å²) in [5.74, 6) is 0. The van der Waals surface area contributed by atoms with Crippen molar-refractivity contribution in [3.05, 3.63) is 119 Å². The smallest absolute Gasteiger partial charge is 0.269 e. The van der Waals surface area contributed by atoms with E-state index in [0.717, 1.165) is 28.2 Å². The molecule has 0 aliphatic carbocycles. The molecular formula is C25H20N2O2. The maximum Gasteiger partial charge on any atom is 0.269 e. The highest BCUT2D eigenvalue weighted by Gasteiger charge is 2.14. The van der Waals surface area contributed by atoms with Crippen LogP contribution in [0.2, 0.25) is 0 Å². The number of nitrogens with zero attached hydrogens (tertiary/aromatic N) is 2. The first-order valence-corrected chi connectivity index (χ1v) is 9.38. The molecule has 0 amide bonds. The van der Waals surface area contributed by atoms with Crippen molar-refractivity contribution < 1.29 is 4.92 Å². The van der Waals surface area contributed by atoms with Crippen LogP contribution in [0, 0.1) is 17.0 Å². The Balaban J connectivity index is 1.76. The topological polar surface area (TPSA) is 46.4 Å². The third-order valence-electron chi connectivity index (χ3n) is 4.84. The minimum atomic E-state index is -0.380. The number of anilines is 3. The molecule has 0 saturated carbocycles. The standard InChI is InChI=1S/C25H20N2O2/c1-19-7-11-22(12-8-19)26(24-15-17-25(18-16-24)27(28)29)23-13-9-21(10-14-23)20-5-3-2-4-6-20/h2-18H,1H3. The molecule has 0 heterocycles.